The zero-order valence-electron chi connectivity index (χ0n) is 85.2. The Hall–Kier alpha value is -11.6. The molecule has 30 nitrogen and oxygen atoms in total. The topological polar surface area (TPSA) is 387 Å². The van der Waals surface area contributed by atoms with E-state index in [4.69, 9.17) is 75.8 Å². The summed E-state index contributed by atoms with van der Waals surface area (Å²) in [5, 5.41) is 0. The van der Waals surface area contributed by atoms with Crippen LogP contribution in [0.3, 0.4) is 0 Å². The molecule has 15 unspecified atom stereocenters. The van der Waals surface area contributed by atoms with Gasteiger partial charge in [-0.2, -0.15) is 0 Å². The summed E-state index contributed by atoms with van der Waals surface area (Å²) in [6.07, 6.45) is 31.2. The molecule has 770 valence electrons. The number of carbonyl (C=O) groups excluding carboxylic acids is 14. The van der Waals surface area contributed by atoms with Gasteiger partial charge < -0.3 is 75.8 Å². The first-order valence-electron chi connectivity index (χ1n) is 48.5. The van der Waals surface area contributed by atoms with Crippen LogP contribution in [0.4, 0.5) is 0 Å². The van der Waals surface area contributed by atoms with Crippen LogP contribution in [-0.4, -0.2) is 182 Å². The Balaban J connectivity index is 0.000000351. The highest BCUT2D eigenvalue weighted by molar-refractivity contribution is 5.88. The van der Waals surface area contributed by atoms with Gasteiger partial charge in [-0.15, -0.1) is 13.2 Å². The van der Waals surface area contributed by atoms with Crippen molar-refractivity contribution in [3.63, 3.8) is 0 Å². The van der Waals surface area contributed by atoms with Gasteiger partial charge in [-0.3, -0.25) is 67.1 Å². The summed E-state index contributed by atoms with van der Waals surface area (Å²) in [4.78, 5) is 170. The molecule has 0 amide bonds. The fourth-order valence-electron chi connectivity index (χ4n) is 15.3. The van der Waals surface area contributed by atoms with E-state index < -0.39 is 116 Å². The van der Waals surface area contributed by atoms with Gasteiger partial charge in [0.2, 0.25) is 0 Å². The van der Waals surface area contributed by atoms with Crippen molar-refractivity contribution in [3.8, 4) is 17.2 Å². The maximum Gasteiger partial charge on any atom is 0.317 e. The number of benzene rings is 2. The summed E-state index contributed by atoms with van der Waals surface area (Å²) in [5.41, 5.74) is -0.669. The van der Waals surface area contributed by atoms with Gasteiger partial charge >= 0.3 is 83.6 Å². The second-order valence-electron chi connectivity index (χ2n) is 38.1. The Labute approximate surface area is 822 Å². The van der Waals surface area contributed by atoms with Gasteiger partial charge in [-0.05, 0) is 206 Å². The molecule has 6 bridgehead atoms. The van der Waals surface area contributed by atoms with Crippen molar-refractivity contribution in [1.29, 1.82) is 0 Å². The molecule has 30 heteroatoms. The fraction of sp³-hybridized carbons (Fsp3) is 0.596. The van der Waals surface area contributed by atoms with Crippen LogP contribution in [0.15, 0.2) is 155 Å². The van der Waals surface area contributed by atoms with Gasteiger partial charge in [0.1, 0.15) is 96.9 Å². The molecule has 8 aliphatic rings. The van der Waals surface area contributed by atoms with Gasteiger partial charge in [0.05, 0.1) is 87.8 Å². The van der Waals surface area contributed by atoms with E-state index >= 15 is 0 Å². The third kappa shape index (κ3) is 36.9. The van der Waals surface area contributed by atoms with E-state index in [1.54, 1.807) is 45.3 Å². The van der Waals surface area contributed by atoms with Crippen LogP contribution in [0.2, 0.25) is 0 Å². The summed E-state index contributed by atoms with van der Waals surface area (Å²) in [5.74, 6) is -8.20. The molecule has 2 aliphatic heterocycles. The molecule has 2 aromatic rings. The van der Waals surface area contributed by atoms with E-state index in [1.165, 1.54) is 24.3 Å². The molecule has 6 aliphatic carbocycles. The second kappa shape index (κ2) is 59.8. The Bertz CT molecular complexity index is 4450. The third-order valence-corrected chi connectivity index (χ3v) is 26.3. The monoisotopic (exact) mass is 1940 g/mol. The lowest BCUT2D eigenvalue weighted by molar-refractivity contribution is -0.169. The highest BCUT2D eigenvalue weighted by Gasteiger charge is 2.56. The van der Waals surface area contributed by atoms with E-state index in [9.17, 15) is 67.1 Å². The Morgan fingerprint density at radius 3 is 1.04 bits per heavy atom. The molecule has 0 spiro atoms. The molecule has 0 aromatic heterocycles. The number of methoxy groups -OCH3 is 1. The summed E-state index contributed by atoms with van der Waals surface area (Å²) >= 11 is 0. The molecule has 15 atom stereocenters. The zero-order chi connectivity index (χ0) is 104. The number of rotatable bonds is 47. The van der Waals surface area contributed by atoms with Crippen molar-refractivity contribution in [3.05, 3.63) is 166 Å². The van der Waals surface area contributed by atoms with Gasteiger partial charge in [0, 0.05) is 0 Å². The molecule has 2 heterocycles. The van der Waals surface area contributed by atoms with Gasteiger partial charge in [-0.1, -0.05) is 185 Å². The Morgan fingerprint density at radius 1 is 0.353 bits per heavy atom. The minimum absolute atomic E-state index is 0.00430. The van der Waals surface area contributed by atoms with Crippen LogP contribution in [-0.2, 0) is 142 Å². The lowest BCUT2D eigenvalue weighted by Crippen LogP contribution is -2.46. The smallest absolute Gasteiger partial charge is 0.317 e. The van der Waals surface area contributed by atoms with E-state index in [0.29, 0.717) is 62.2 Å². The lowest BCUT2D eigenvalue weighted by atomic mass is 9.62. The number of allylic oxidation sites excluding steroid dienone is 6. The van der Waals surface area contributed by atoms with Crippen LogP contribution in [0.1, 0.15) is 212 Å². The SMILES string of the molecule is C=CCOC(=O)C1C2C=CC(C2)C1C(=O)OCCOC(=O)C(C)(C)CC.C=CCOC(=O)C1C2C=CC(CC2)C1C(=O)OCCOC(=O)C(C)(C)CC.C=CCOC(=O)C1C2C=CC(O2)C1C(=O)OCCOC(=O)C(C)(C)CC.C=CCOC(=O)C1CCCCC1C(=O)OCCOC(=O)C(C)(C)CC.C=CCc1ccc(OC(=O)C(C)(C)CC)c(OC)c1.C=CCc1ccccc1OC(=O)C(C)CC. The largest absolute Gasteiger partial charge is 0.493 e. The standard InChI is InChI=1S/C21H30O6.C20H28O6.C19H26O7.C19H30O6.C16H22O3.C14H18O2/c1-5-11-25-18(22)16-14-7-9-15(10-8-14)17(16)19(23)26-12-13-27-20(24)21(3,4)6-2;1-5-9-24-17(21)15-13-7-8-14(12-13)16(15)18(22)25-10-11-26-19(23)20(3,4)6-2;1-5-9-23-16(20)14-12-7-8-13(26-12)15(14)17(21)24-10-11-25-18(22)19(3,4)6-2;1-5-11-23-16(20)14-9-7-8-10-15(14)17(21)24-12-13-25-18(22)19(3,4)6-2;1-6-8-12-9-10-13(14(11-12)18-5)19-15(17)16(3,4)7-2;1-4-8-12-9-6-7-10-13(12)16-14(15)11(3)5-2/h5,7,9,14-17H,1,6,8,10-13H2,2-4H3;5,7-8,13-16H,1,6,9-12H2,2-4H3;5,7-8,12-15H,1,6,9-11H2,2-4H3;5,14-15H,1,6-13H2,2-4H3;6,9-11H,1,7-8H2,2-5H3;4,6-7,9-11H,1,5,8H2,2-3H3. The average Bonchev–Trinajstić information content (AvgIpc) is 1.71. The zero-order valence-corrected chi connectivity index (χ0v) is 85.2. The van der Waals surface area contributed by atoms with Crippen LogP contribution >= 0.6 is 0 Å². The molecule has 3 saturated carbocycles. The number of ether oxygens (including phenoxy) is 16. The molecular formula is C109H154O30. The first kappa shape index (κ1) is 120. The normalized spacial score (nSPS) is 21.5. The van der Waals surface area contributed by atoms with E-state index in [-0.39, 0.29) is 163 Å². The molecule has 4 fully saturated rings. The summed E-state index contributed by atoms with van der Waals surface area (Å²) in [6.45, 7) is 53.4. The minimum atomic E-state index is -0.759. The number of para-hydroxylation sites is 1. The number of hydrogen-bond acceptors (Lipinski definition) is 30. The maximum atomic E-state index is 12.6. The molecule has 2 aromatic carbocycles. The quantitative estimate of drug-likeness (QED) is 0.0195. The highest BCUT2D eigenvalue weighted by Crippen LogP contribution is 2.50. The molecule has 139 heavy (non-hydrogen) atoms. The predicted molar refractivity (Wildman–Crippen MR) is 521 cm³/mol. The van der Waals surface area contributed by atoms with Crippen molar-refractivity contribution in [2.24, 2.45) is 104 Å². The summed E-state index contributed by atoms with van der Waals surface area (Å²) < 4.78 is 83.8. The third-order valence-electron chi connectivity index (χ3n) is 26.3. The van der Waals surface area contributed by atoms with E-state index in [1.807, 2.05) is 171 Å². The predicted octanol–water partition coefficient (Wildman–Crippen LogP) is 17.7. The first-order valence-corrected chi connectivity index (χ1v) is 48.5. The van der Waals surface area contributed by atoms with Crippen molar-refractivity contribution in [2.45, 2.75) is 226 Å². The molecular weight excluding hydrogens is 1790 g/mol. The molecule has 0 radical (unpaired) electrons. The van der Waals surface area contributed by atoms with Crippen molar-refractivity contribution in [2.75, 3.05) is 86.4 Å². The number of carbonyl (C=O) groups is 14. The summed E-state index contributed by atoms with van der Waals surface area (Å²) in [6, 6.07) is 13.1. The average molecular weight is 1940 g/mol. The van der Waals surface area contributed by atoms with Crippen molar-refractivity contribution >= 4 is 83.6 Å². The Morgan fingerprint density at radius 2 is 0.676 bits per heavy atom. The number of fused-ring (bicyclic) bond motifs is 6. The van der Waals surface area contributed by atoms with Gasteiger partial charge in [0.15, 0.2) is 11.5 Å². The van der Waals surface area contributed by atoms with Crippen LogP contribution in [0, 0.1) is 104 Å². The minimum Gasteiger partial charge on any atom is -0.493 e. The molecule has 1 saturated heterocycles. The second-order valence-corrected chi connectivity index (χ2v) is 38.1. The maximum absolute atomic E-state index is 12.6. The van der Waals surface area contributed by atoms with Crippen LogP contribution < -0.4 is 14.2 Å². The lowest BCUT2D eigenvalue weighted by Gasteiger charge is -2.41. The molecule has 10 rings (SSSR count). The van der Waals surface area contributed by atoms with Crippen molar-refractivity contribution < 1.29 is 143 Å². The highest BCUT2D eigenvalue weighted by atomic mass is 16.6. The molecule has 0 N–H and O–H groups in total. The van der Waals surface area contributed by atoms with Crippen LogP contribution in [0.25, 0.3) is 0 Å². The van der Waals surface area contributed by atoms with Gasteiger partial charge in [-0.25, -0.2) is 0 Å². The van der Waals surface area contributed by atoms with Crippen LogP contribution in [0.5, 0.6) is 17.2 Å². The number of hydrogen-bond donors (Lipinski definition) is 0. The summed E-state index contributed by atoms with van der Waals surface area (Å²) in [7, 11) is 1.56. The van der Waals surface area contributed by atoms with Crippen molar-refractivity contribution in [1.82, 2.24) is 0 Å². The van der Waals surface area contributed by atoms with E-state index in [2.05, 4.69) is 39.5 Å². The Kier molecular flexibility index (Phi) is 51.5. The number of esters is 14. The van der Waals surface area contributed by atoms with E-state index in [0.717, 1.165) is 62.5 Å². The fourth-order valence-corrected chi connectivity index (χ4v) is 15.3. The van der Waals surface area contributed by atoms with Gasteiger partial charge in [0.25, 0.3) is 0 Å². The first-order chi connectivity index (χ1) is 65.9.